The van der Waals surface area contributed by atoms with Gasteiger partial charge in [-0.05, 0) is 63.4 Å². The van der Waals surface area contributed by atoms with Gasteiger partial charge in [-0.1, -0.05) is 160 Å². The van der Waals surface area contributed by atoms with Gasteiger partial charge in [-0.2, -0.15) is 9.29 Å². The number of aromatic nitrogens is 2. The topological polar surface area (TPSA) is 278 Å². The van der Waals surface area contributed by atoms with Crippen molar-refractivity contribution in [2.24, 2.45) is 5.92 Å². The summed E-state index contributed by atoms with van der Waals surface area (Å²) in [5, 5.41) is 20.9. The number of hydrogen-bond acceptors (Lipinski definition) is 16. The molecular weight excluding hydrogens is 985 g/mol. The van der Waals surface area contributed by atoms with Gasteiger partial charge in [0.25, 0.3) is 0 Å². The van der Waals surface area contributed by atoms with E-state index in [2.05, 4.69) is 66.5 Å². The van der Waals surface area contributed by atoms with E-state index in [4.69, 9.17) is 33.7 Å². The van der Waals surface area contributed by atoms with Crippen molar-refractivity contribution in [3.8, 4) is 0 Å². The molecule has 6 N–H and O–H groups in total. The summed E-state index contributed by atoms with van der Waals surface area (Å²) in [6.45, 7) is 4.40. The van der Waals surface area contributed by atoms with Crippen molar-refractivity contribution in [3.05, 3.63) is 59.2 Å². The average Bonchev–Trinajstić information content (AvgIpc) is 4.02. The lowest BCUT2D eigenvalue weighted by Gasteiger charge is -2.21. The Balaban J connectivity index is 1.40. The predicted octanol–water partition coefficient (Wildman–Crippen LogP) is 10.4. The van der Waals surface area contributed by atoms with Crippen molar-refractivity contribution < 1.29 is 71.0 Å². The van der Waals surface area contributed by atoms with Gasteiger partial charge in [0.1, 0.15) is 30.7 Å². The molecule has 0 bridgehead atoms. The Hall–Kier alpha value is -3.06. The van der Waals surface area contributed by atoms with E-state index in [1.807, 2.05) is 0 Å². The first-order valence-electron chi connectivity index (χ1n) is 27.0. The number of nitrogen functional groups attached to an aromatic ring is 1. The summed E-state index contributed by atoms with van der Waals surface area (Å²) in [6, 6.07) is 1.25. The molecule has 0 aromatic carbocycles. The minimum absolute atomic E-state index is 0.00537. The molecule has 73 heavy (non-hydrogen) atoms. The molecule has 19 nitrogen and oxygen atoms in total. The van der Waals surface area contributed by atoms with E-state index in [-0.39, 0.29) is 30.9 Å². The number of anilines is 1. The van der Waals surface area contributed by atoms with Gasteiger partial charge in [0.15, 0.2) is 12.3 Å². The molecular formula is C52H89N3O16P2. The van der Waals surface area contributed by atoms with Gasteiger partial charge in [-0.25, -0.2) is 13.9 Å². The normalized spacial score (nSPS) is 22.1. The number of aliphatic hydroxyl groups excluding tert-OH is 2. The fourth-order valence-electron chi connectivity index (χ4n) is 8.29. The second-order valence-corrected chi connectivity index (χ2v) is 22.6. The zero-order chi connectivity index (χ0) is 53.3. The predicted molar refractivity (Wildman–Crippen MR) is 279 cm³/mol. The monoisotopic (exact) mass is 1070 g/mol. The highest BCUT2D eigenvalue weighted by atomic mass is 31.3. The largest absolute Gasteiger partial charge is 0.481 e. The minimum atomic E-state index is -5.44. The molecule has 2 saturated heterocycles. The highest BCUT2D eigenvalue weighted by Crippen LogP contribution is 2.60. The summed E-state index contributed by atoms with van der Waals surface area (Å²) < 4.78 is 62.7. The molecule has 0 saturated carbocycles. The van der Waals surface area contributed by atoms with Crippen LogP contribution in [-0.2, 0) is 51.0 Å². The van der Waals surface area contributed by atoms with Gasteiger partial charge in [0, 0.05) is 19.0 Å². The first kappa shape index (κ1) is 64.2. The van der Waals surface area contributed by atoms with E-state index in [0.717, 1.165) is 68.0 Å². The second-order valence-electron chi connectivity index (χ2n) is 19.6. The van der Waals surface area contributed by atoms with Gasteiger partial charge in [0.05, 0.1) is 25.4 Å². The number of phosphoric acid groups is 2. The Morgan fingerprint density at radius 1 is 0.726 bits per heavy atom. The first-order chi connectivity index (χ1) is 35.0. The molecule has 3 heterocycles. The maximum atomic E-state index is 13.0. The lowest BCUT2D eigenvalue weighted by atomic mass is 10.0. The molecule has 0 radical (unpaired) electrons. The molecule has 3 rings (SSSR count). The van der Waals surface area contributed by atoms with E-state index in [1.165, 1.54) is 89.5 Å². The summed E-state index contributed by atoms with van der Waals surface area (Å²) in [4.78, 5) is 62.2. The van der Waals surface area contributed by atoms with Crippen molar-refractivity contribution in [3.63, 3.8) is 0 Å². The van der Waals surface area contributed by atoms with Crippen molar-refractivity contribution in [1.29, 1.82) is 0 Å². The SMILES string of the molecule is CCCCC/C=C\C/C=C\C/C=C\CC1OC1CCCC(=O)O[C@H](COC(=O)CCCCCCCCCCCCCCCCC(C)C)COP(=O)(O)OP(=O)(O)OC[C@H]1O[C@@H](n2ccc(N)nc2=O)[C@H](O)[C@@H]1O. The van der Waals surface area contributed by atoms with Crippen molar-refractivity contribution in [2.45, 2.75) is 231 Å². The summed E-state index contributed by atoms with van der Waals surface area (Å²) in [5.74, 6) is -0.575. The molecule has 2 fully saturated rings. The molecule has 4 unspecified atom stereocenters. The van der Waals surface area contributed by atoms with Crippen LogP contribution in [0.25, 0.3) is 0 Å². The number of carbonyl (C=O) groups is 2. The van der Waals surface area contributed by atoms with E-state index < -0.39 is 83.7 Å². The first-order valence-corrected chi connectivity index (χ1v) is 30.0. The lowest BCUT2D eigenvalue weighted by Crippen LogP contribution is -2.36. The molecule has 1 aromatic rings. The number of carbonyl (C=O) groups excluding carboxylic acids is 2. The van der Waals surface area contributed by atoms with Gasteiger partial charge < -0.3 is 44.7 Å². The standard InChI is InChI=1S/C52H89N3O16P2/c1-4-5-6-7-8-9-10-16-19-22-25-28-32-43-44(69-43)33-30-35-48(57)68-42(38-65-47(56)34-29-26-23-20-17-14-12-11-13-15-18-21-24-27-31-41(2)3)39-66-72(61,62)71-73(63,64)67-40-45-49(58)50(59)51(70-45)55-37-36-46(53)54-52(55)60/h8-9,16,19,25,28,36-37,41-45,49-51,58-59H,4-7,10-15,17-18,20-24,26-27,29-35,38-40H2,1-3H3,(H,61,62)(H,63,64)(H2,53,54,60)/b9-8-,19-16-,28-25-/t42-,43?,44?,45-,49-,50-,51-/m1/s1. The molecule has 0 spiro atoms. The van der Waals surface area contributed by atoms with E-state index in [0.29, 0.717) is 19.3 Å². The molecule has 1 aromatic heterocycles. The highest BCUT2D eigenvalue weighted by molar-refractivity contribution is 7.61. The number of unbranched alkanes of at least 4 members (excludes halogenated alkanes) is 16. The van der Waals surface area contributed by atoms with Crippen LogP contribution in [0, 0.1) is 5.92 Å². The third-order valence-electron chi connectivity index (χ3n) is 12.6. The minimum Gasteiger partial charge on any atom is -0.462 e. The average molecular weight is 1070 g/mol. The summed E-state index contributed by atoms with van der Waals surface area (Å²) in [5.41, 5.74) is 4.59. The maximum absolute atomic E-state index is 13.0. The Bertz CT molecular complexity index is 1950. The van der Waals surface area contributed by atoms with Crippen LogP contribution in [0.15, 0.2) is 53.5 Å². The Morgan fingerprint density at radius 2 is 1.32 bits per heavy atom. The fraction of sp³-hybridized carbons (Fsp3) is 0.769. The van der Waals surface area contributed by atoms with Crippen molar-refractivity contribution >= 4 is 33.4 Å². The summed E-state index contributed by atoms with van der Waals surface area (Å²) in [6.07, 6.45) is 32.4. The number of nitrogens with two attached hydrogens (primary N) is 1. The maximum Gasteiger partial charge on any atom is 0.481 e. The van der Waals surface area contributed by atoms with Gasteiger partial charge >= 0.3 is 33.3 Å². The number of aliphatic hydroxyl groups is 2. The number of rotatable bonds is 43. The molecule has 9 atom stereocenters. The van der Waals surface area contributed by atoms with Gasteiger partial charge in [0.2, 0.25) is 0 Å². The Kier molecular flexibility index (Phi) is 32.4. The molecule has 21 heteroatoms. The fourth-order valence-corrected chi connectivity index (χ4v) is 10.4. The van der Waals surface area contributed by atoms with Crippen LogP contribution in [0.4, 0.5) is 5.82 Å². The Morgan fingerprint density at radius 3 is 1.95 bits per heavy atom. The highest BCUT2D eigenvalue weighted by Gasteiger charge is 2.46. The number of hydrogen-bond donors (Lipinski definition) is 5. The zero-order valence-electron chi connectivity index (χ0n) is 43.8. The van der Waals surface area contributed by atoms with Crippen LogP contribution in [0.3, 0.4) is 0 Å². The van der Waals surface area contributed by atoms with Crippen LogP contribution in [0.5, 0.6) is 0 Å². The number of nitrogens with zero attached hydrogens (tertiary/aromatic N) is 2. The molecule has 2 aliphatic rings. The number of ether oxygens (including phenoxy) is 4. The number of allylic oxidation sites excluding steroid dienone is 5. The van der Waals surface area contributed by atoms with Gasteiger partial charge in [-0.3, -0.25) is 23.2 Å². The third-order valence-corrected chi connectivity index (χ3v) is 15.2. The molecule has 0 amide bonds. The Labute approximate surface area is 433 Å². The van der Waals surface area contributed by atoms with Crippen LogP contribution in [-0.4, -0.2) is 97.9 Å². The summed E-state index contributed by atoms with van der Waals surface area (Å²) in [7, 11) is -10.9. The zero-order valence-corrected chi connectivity index (χ0v) is 45.6. The number of esters is 2. The number of epoxide rings is 1. The summed E-state index contributed by atoms with van der Waals surface area (Å²) >= 11 is 0. The van der Waals surface area contributed by atoms with E-state index >= 15 is 0 Å². The van der Waals surface area contributed by atoms with Crippen molar-refractivity contribution in [2.75, 3.05) is 25.6 Å². The van der Waals surface area contributed by atoms with E-state index in [1.54, 1.807) is 0 Å². The smallest absolute Gasteiger partial charge is 0.462 e. The lowest BCUT2D eigenvalue weighted by molar-refractivity contribution is -0.161. The van der Waals surface area contributed by atoms with Crippen LogP contribution < -0.4 is 11.4 Å². The third kappa shape index (κ3) is 29.7. The van der Waals surface area contributed by atoms with Gasteiger partial charge in [-0.15, -0.1) is 0 Å². The molecule has 2 aliphatic heterocycles. The van der Waals surface area contributed by atoms with E-state index in [9.17, 15) is 43.5 Å². The van der Waals surface area contributed by atoms with Crippen molar-refractivity contribution in [1.82, 2.24) is 9.55 Å². The van der Waals surface area contributed by atoms with Crippen LogP contribution in [0.2, 0.25) is 0 Å². The van der Waals surface area contributed by atoms with Crippen LogP contribution in [0.1, 0.15) is 194 Å². The quantitative estimate of drug-likeness (QED) is 0.0134. The molecule has 0 aliphatic carbocycles. The number of phosphoric ester groups is 2. The second kappa shape index (κ2) is 36.8. The molecule has 418 valence electrons. The van der Waals surface area contributed by atoms with Crippen LogP contribution >= 0.6 is 15.6 Å².